The molecule has 0 radical (unpaired) electrons. The Morgan fingerprint density at radius 2 is 1.69 bits per heavy atom. The van der Waals surface area contributed by atoms with E-state index in [-0.39, 0.29) is 0 Å². The highest BCUT2D eigenvalue weighted by atomic mass is 19.1. The summed E-state index contributed by atoms with van der Waals surface area (Å²) in [5.41, 5.74) is 0.451. The second-order valence-corrected chi connectivity index (χ2v) is 5.60. The van der Waals surface area contributed by atoms with Crippen molar-refractivity contribution in [3.05, 3.63) is 66.4 Å². The van der Waals surface area contributed by atoms with E-state index in [9.17, 15) is 18.4 Å². The molecule has 132 valence electrons. The van der Waals surface area contributed by atoms with Crippen LogP contribution in [0.2, 0.25) is 0 Å². The Bertz CT molecular complexity index is 966. The number of amides is 2. The smallest absolute Gasteiger partial charge is 0.244 e. The van der Waals surface area contributed by atoms with Crippen molar-refractivity contribution < 1.29 is 18.4 Å². The topological polar surface area (TPSA) is 62.3 Å². The number of halogens is 2. The molecule has 0 fully saturated rings. The number of hydrogen-bond acceptors (Lipinski definition) is 3. The first-order chi connectivity index (χ1) is 12.5. The number of pyridine rings is 1. The normalized spacial score (nSPS) is 10.6. The minimum atomic E-state index is -0.889. The van der Waals surface area contributed by atoms with Crippen LogP contribution in [0.5, 0.6) is 0 Å². The fraction of sp³-hybridized carbons (Fsp3) is 0.105. The molecular formula is C19H15F2N3O2. The zero-order chi connectivity index (χ0) is 18.7. The van der Waals surface area contributed by atoms with Crippen molar-refractivity contribution in [2.45, 2.75) is 6.92 Å². The molecule has 0 saturated heterocycles. The van der Waals surface area contributed by atoms with Crippen molar-refractivity contribution in [3.63, 3.8) is 0 Å². The Labute approximate surface area is 148 Å². The van der Waals surface area contributed by atoms with Gasteiger partial charge in [0, 0.05) is 18.5 Å². The summed E-state index contributed by atoms with van der Waals surface area (Å²) in [4.78, 5) is 29.8. The van der Waals surface area contributed by atoms with E-state index in [1.54, 1.807) is 24.4 Å². The third-order valence-corrected chi connectivity index (χ3v) is 3.81. The van der Waals surface area contributed by atoms with Crippen LogP contribution in [-0.4, -0.2) is 23.3 Å². The summed E-state index contributed by atoms with van der Waals surface area (Å²) in [6.45, 7) is 0.900. The Kier molecular flexibility index (Phi) is 4.88. The molecule has 26 heavy (non-hydrogen) atoms. The fourth-order valence-electron chi connectivity index (χ4n) is 2.61. The summed E-state index contributed by atoms with van der Waals surface area (Å²) < 4.78 is 27.4. The number of benzene rings is 2. The van der Waals surface area contributed by atoms with Crippen LogP contribution in [0.25, 0.3) is 10.9 Å². The SMILES string of the molecule is CC(=O)N(CC(=O)Nc1c(F)cccc1F)c1cccc2cccnc12. The van der Waals surface area contributed by atoms with Gasteiger partial charge in [0.15, 0.2) is 0 Å². The van der Waals surface area contributed by atoms with E-state index in [0.717, 1.165) is 17.5 Å². The highest BCUT2D eigenvalue weighted by Crippen LogP contribution is 2.25. The maximum Gasteiger partial charge on any atom is 0.244 e. The monoisotopic (exact) mass is 355 g/mol. The molecule has 0 bridgehead atoms. The molecule has 0 saturated carbocycles. The lowest BCUT2D eigenvalue weighted by Crippen LogP contribution is -2.37. The van der Waals surface area contributed by atoms with Crippen LogP contribution in [0.3, 0.4) is 0 Å². The molecule has 0 spiro atoms. The van der Waals surface area contributed by atoms with Gasteiger partial charge in [0.1, 0.15) is 23.9 Å². The van der Waals surface area contributed by atoms with Gasteiger partial charge in [0.25, 0.3) is 0 Å². The van der Waals surface area contributed by atoms with Crippen LogP contribution >= 0.6 is 0 Å². The molecule has 3 rings (SSSR count). The lowest BCUT2D eigenvalue weighted by Gasteiger charge is -2.22. The molecule has 1 heterocycles. The van der Waals surface area contributed by atoms with Crippen LogP contribution in [0, 0.1) is 11.6 Å². The molecule has 3 aromatic rings. The van der Waals surface area contributed by atoms with E-state index in [4.69, 9.17) is 0 Å². The number of para-hydroxylation sites is 2. The van der Waals surface area contributed by atoms with E-state index < -0.39 is 35.7 Å². The average Bonchev–Trinajstić information content (AvgIpc) is 2.62. The number of hydrogen-bond donors (Lipinski definition) is 1. The van der Waals surface area contributed by atoms with E-state index in [1.165, 1.54) is 17.9 Å². The number of fused-ring (bicyclic) bond motifs is 1. The molecular weight excluding hydrogens is 340 g/mol. The number of anilines is 2. The molecule has 0 aliphatic carbocycles. The zero-order valence-electron chi connectivity index (χ0n) is 13.9. The number of rotatable bonds is 4. The van der Waals surface area contributed by atoms with Gasteiger partial charge in [0.05, 0.1) is 11.2 Å². The van der Waals surface area contributed by atoms with E-state index in [1.807, 2.05) is 12.1 Å². The van der Waals surface area contributed by atoms with Crippen molar-refractivity contribution in [1.82, 2.24) is 4.98 Å². The first-order valence-electron chi connectivity index (χ1n) is 7.83. The predicted octanol–water partition coefficient (Wildman–Crippen LogP) is 3.50. The van der Waals surface area contributed by atoms with Crippen LogP contribution in [0.1, 0.15) is 6.92 Å². The van der Waals surface area contributed by atoms with Crippen molar-refractivity contribution in [2.24, 2.45) is 0 Å². The molecule has 2 amide bonds. The highest BCUT2D eigenvalue weighted by molar-refractivity contribution is 6.06. The molecule has 0 aliphatic heterocycles. The average molecular weight is 355 g/mol. The Hall–Kier alpha value is -3.35. The minimum Gasteiger partial charge on any atom is -0.320 e. The summed E-state index contributed by atoms with van der Waals surface area (Å²) in [5.74, 6) is -2.90. The number of carbonyl (C=O) groups excluding carboxylic acids is 2. The summed E-state index contributed by atoms with van der Waals surface area (Å²) in [7, 11) is 0. The predicted molar refractivity (Wildman–Crippen MR) is 94.8 cm³/mol. The van der Waals surface area contributed by atoms with Crippen LogP contribution in [-0.2, 0) is 9.59 Å². The maximum absolute atomic E-state index is 13.7. The summed E-state index contributed by atoms with van der Waals surface area (Å²) >= 11 is 0. The van der Waals surface area contributed by atoms with Crippen molar-refractivity contribution in [1.29, 1.82) is 0 Å². The second kappa shape index (κ2) is 7.26. The van der Waals surface area contributed by atoms with Crippen molar-refractivity contribution >= 4 is 34.1 Å². The van der Waals surface area contributed by atoms with Crippen LogP contribution in [0.15, 0.2) is 54.7 Å². The van der Waals surface area contributed by atoms with E-state index in [0.29, 0.717) is 11.2 Å². The highest BCUT2D eigenvalue weighted by Gasteiger charge is 2.20. The molecule has 1 N–H and O–H groups in total. The van der Waals surface area contributed by atoms with Gasteiger partial charge in [-0.15, -0.1) is 0 Å². The third-order valence-electron chi connectivity index (χ3n) is 3.81. The van der Waals surface area contributed by atoms with Gasteiger partial charge in [0.2, 0.25) is 11.8 Å². The Morgan fingerprint density at radius 1 is 1.04 bits per heavy atom. The molecule has 0 unspecified atom stereocenters. The minimum absolute atomic E-state index is 0.396. The largest absolute Gasteiger partial charge is 0.320 e. The van der Waals surface area contributed by atoms with Gasteiger partial charge >= 0.3 is 0 Å². The van der Waals surface area contributed by atoms with Gasteiger partial charge < -0.3 is 10.2 Å². The summed E-state index contributed by atoms with van der Waals surface area (Å²) in [5, 5.41) is 2.98. The molecule has 7 heteroatoms. The summed E-state index contributed by atoms with van der Waals surface area (Å²) in [6.07, 6.45) is 1.58. The van der Waals surface area contributed by atoms with Crippen LogP contribution in [0.4, 0.5) is 20.2 Å². The molecule has 0 aliphatic rings. The molecule has 2 aromatic carbocycles. The molecule has 5 nitrogen and oxygen atoms in total. The molecule has 0 atom stereocenters. The zero-order valence-corrected chi connectivity index (χ0v) is 13.9. The number of nitrogens with one attached hydrogen (secondary N) is 1. The van der Waals surface area contributed by atoms with Gasteiger partial charge in [-0.3, -0.25) is 14.6 Å². The van der Waals surface area contributed by atoms with Gasteiger partial charge in [-0.05, 0) is 24.3 Å². The van der Waals surface area contributed by atoms with Gasteiger partial charge in [-0.25, -0.2) is 8.78 Å². The second-order valence-electron chi connectivity index (χ2n) is 5.60. The third kappa shape index (κ3) is 3.51. The number of aromatic nitrogens is 1. The van der Waals surface area contributed by atoms with E-state index >= 15 is 0 Å². The Morgan fingerprint density at radius 3 is 2.38 bits per heavy atom. The summed E-state index contributed by atoms with van der Waals surface area (Å²) in [6, 6.07) is 12.1. The fourth-order valence-corrected chi connectivity index (χ4v) is 2.61. The van der Waals surface area contributed by atoms with Crippen molar-refractivity contribution in [3.8, 4) is 0 Å². The lowest BCUT2D eigenvalue weighted by molar-refractivity contribution is -0.120. The number of nitrogens with zero attached hydrogens (tertiary/aromatic N) is 2. The Balaban J connectivity index is 1.89. The molecule has 1 aromatic heterocycles. The van der Waals surface area contributed by atoms with Crippen molar-refractivity contribution in [2.75, 3.05) is 16.8 Å². The van der Waals surface area contributed by atoms with Gasteiger partial charge in [-0.1, -0.05) is 24.3 Å². The van der Waals surface area contributed by atoms with Crippen LogP contribution < -0.4 is 10.2 Å². The quantitative estimate of drug-likeness (QED) is 0.779. The maximum atomic E-state index is 13.7. The number of carbonyl (C=O) groups is 2. The first-order valence-corrected chi connectivity index (χ1v) is 7.83. The van der Waals surface area contributed by atoms with Gasteiger partial charge in [-0.2, -0.15) is 0 Å². The van der Waals surface area contributed by atoms with E-state index in [2.05, 4.69) is 10.3 Å². The standard InChI is InChI=1S/C19H15F2N3O2/c1-12(25)24(16-9-2-5-13-6-4-10-22-18(13)16)11-17(26)23-19-14(20)7-3-8-15(19)21/h2-10H,11H2,1H3,(H,23,26). The first kappa shape index (κ1) is 17.5. The lowest BCUT2D eigenvalue weighted by atomic mass is 10.1.